The topological polar surface area (TPSA) is 74.8 Å². The van der Waals surface area contributed by atoms with Crippen LogP contribution >= 0.6 is 23.2 Å². The van der Waals surface area contributed by atoms with E-state index in [1.54, 1.807) is 28.2 Å². The summed E-state index contributed by atoms with van der Waals surface area (Å²) in [5.41, 5.74) is 0. The van der Waals surface area contributed by atoms with Crippen LogP contribution in [-0.4, -0.2) is 72.1 Å². The summed E-state index contributed by atoms with van der Waals surface area (Å²) < 4.78 is 0. The lowest BCUT2D eigenvalue weighted by Gasteiger charge is -2.11. The van der Waals surface area contributed by atoms with Gasteiger partial charge in [-0.2, -0.15) is 0 Å². The maximum absolute atomic E-state index is 10.9. The molecule has 0 radical (unpaired) electrons. The van der Waals surface area contributed by atoms with E-state index >= 15 is 0 Å². The molecule has 116 valence electrons. The average Bonchev–Trinajstić information content (AvgIpc) is 2.35. The minimum absolute atomic E-state index is 0.319. The van der Waals surface area contributed by atoms with Crippen molar-refractivity contribution in [1.82, 2.24) is 9.80 Å². The predicted octanol–water partition coefficient (Wildman–Crippen LogP) is 0.542. The third-order valence-corrected chi connectivity index (χ3v) is 3.02. The van der Waals surface area contributed by atoms with Crippen LogP contribution in [0.15, 0.2) is 0 Å². The lowest BCUT2D eigenvalue weighted by atomic mass is 10.3. The average molecular weight is 327 g/mol. The van der Waals surface area contributed by atoms with E-state index in [9.17, 15) is 19.2 Å². The van der Waals surface area contributed by atoms with Crippen molar-refractivity contribution in [2.45, 2.75) is 24.6 Å². The largest absolute Gasteiger partial charge is 0.347 e. The molecule has 8 heteroatoms. The Balaban J connectivity index is 0. The number of alkyl halides is 2. The van der Waals surface area contributed by atoms with Gasteiger partial charge in [0.15, 0.2) is 22.3 Å². The molecular weight excluding hydrogens is 307 g/mol. The Morgan fingerprint density at radius 2 is 0.900 bits per heavy atom. The second kappa shape index (κ2) is 9.72. The fourth-order valence-corrected chi connectivity index (χ4v) is 1.19. The molecule has 0 spiro atoms. The van der Waals surface area contributed by atoms with Gasteiger partial charge in [0.25, 0.3) is 0 Å². The molecule has 0 aromatic rings. The van der Waals surface area contributed by atoms with Crippen molar-refractivity contribution in [2.75, 3.05) is 28.2 Å². The van der Waals surface area contributed by atoms with Gasteiger partial charge < -0.3 is 9.80 Å². The molecule has 0 aromatic carbocycles. The van der Waals surface area contributed by atoms with Crippen LogP contribution in [0.2, 0.25) is 0 Å². The van der Waals surface area contributed by atoms with Crippen molar-refractivity contribution in [2.24, 2.45) is 0 Å². The molecule has 0 N–H and O–H groups in total. The van der Waals surface area contributed by atoms with E-state index in [1.807, 2.05) is 0 Å². The third-order valence-electron chi connectivity index (χ3n) is 2.03. The molecule has 0 aliphatic rings. The summed E-state index contributed by atoms with van der Waals surface area (Å²) in [6.45, 7) is 2.58. The molecule has 6 nitrogen and oxygen atoms in total. The fourth-order valence-electron chi connectivity index (χ4n) is 0.801. The standard InChI is InChI=1S/2C6H10ClNO2/c2*1-4(9)5(7)6(10)8(2)3/h2*5H,1-3H3. The van der Waals surface area contributed by atoms with Gasteiger partial charge in [0, 0.05) is 28.2 Å². The zero-order valence-electron chi connectivity index (χ0n) is 12.4. The summed E-state index contributed by atoms with van der Waals surface area (Å²) in [4.78, 5) is 45.3. The first-order valence-electron chi connectivity index (χ1n) is 5.64. The highest BCUT2D eigenvalue weighted by Crippen LogP contribution is 2.00. The van der Waals surface area contributed by atoms with Gasteiger partial charge in [-0.3, -0.25) is 19.2 Å². The van der Waals surface area contributed by atoms with Gasteiger partial charge in [-0.05, 0) is 13.8 Å². The predicted molar refractivity (Wildman–Crippen MR) is 78.0 cm³/mol. The van der Waals surface area contributed by atoms with E-state index in [4.69, 9.17) is 23.2 Å². The molecule has 20 heavy (non-hydrogen) atoms. The minimum Gasteiger partial charge on any atom is -0.347 e. The summed E-state index contributed by atoms with van der Waals surface area (Å²) in [6, 6.07) is 0. The van der Waals surface area contributed by atoms with Crippen molar-refractivity contribution < 1.29 is 19.2 Å². The first-order chi connectivity index (χ1) is 8.93. The highest BCUT2D eigenvalue weighted by Gasteiger charge is 2.21. The van der Waals surface area contributed by atoms with Crippen LogP contribution in [0, 0.1) is 0 Å². The van der Waals surface area contributed by atoms with Gasteiger partial charge >= 0.3 is 0 Å². The van der Waals surface area contributed by atoms with Gasteiger partial charge in [-0.1, -0.05) is 0 Å². The zero-order valence-corrected chi connectivity index (χ0v) is 13.9. The van der Waals surface area contributed by atoms with Gasteiger partial charge in [0.2, 0.25) is 11.8 Å². The van der Waals surface area contributed by atoms with Gasteiger partial charge in [-0.15, -0.1) is 23.2 Å². The Kier molecular flexibility index (Phi) is 10.3. The fraction of sp³-hybridized carbons (Fsp3) is 0.667. The van der Waals surface area contributed by atoms with Crippen LogP contribution in [0.4, 0.5) is 0 Å². The number of halogens is 2. The molecule has 0 saturated heterocycles. The summed E-state index contributed by atoms with van der Waals surface area (Å²) in [5.74, 6) is -1.37. The quantitative estimate of drug-likeness (QED) is 0.558. The Hall–Kier alpha value is -1.14. The number of carbonyl (C=O) groups excluding carboxylic acids is 4. The van der Waals surface area contributed by atoms with Crippen LogP contribution in [-0.2, 0) is 19.2 Å². The number of rotatable bonds is 4. The number of carbonyl (C=O) groups is 4. The van der Waals surface area contributed by atoms with Crippen molar-refractivity contribution >= 4 is 46.6 Å². The molecule has 2 atom stereocenters. The number of nitrogens with zero attached hydrogens (tertiary/aromatic N) is 2. The number of ketones is 2. The van der Waals surface area contributed by atoms with Crippen molar-refractivity contribution in [3.05, 3.63) is 0 Å². The molecule has 0 saturated carbocycles. The van der Waals surface area contributed by atoms with Crippen molar-refractivity contribution in [3.8, 4) is 0 Å². The second-order valence-corrected chi connectivity index (χ2v) is 5.28. The summed E-state index contributed by atoms with van der Waals surface area (Å²) in [6.07, 6.45) is 0. The molecule has 2 unspecified atom stereocenters. The smallest absolute Gasteiger partial charge is 0.247 e. The van der Waals surface area contributed by atoms with E-state index < -0.39 is 10.8 Å². The SMILES string of the molecule is CC(=O)C(Cl)C(=O)N(C)C.CC(=O)C(Cl)C(=O)N(C)C. The number of Topliss-reactive ketones (excluding diaryl/α,β-unsaturated/α-hetero) is 2. The third kappa shape index (κ3) is 8.12. The van der Waals surface area contributed by atoms with Crippen LogP contribution in [0.25, 0.3) is 0 Å². The lowest BCUT2D eigenvalue weighted by Crippen LogP contribution is -2.34. The first-order valence-corrected chi connectivity index (χ1v) is 6.52. The molecule has 2 amide bonds. The van der Waals surface area contributed by atoms with E-state index in [-0.39, 0.29) is 23.4 Å². The molecule has 0 fully saturated rings. The number of amides is 2. The van der Waals surface area contributed by atoms with E-state index in [0.717, 1.165) is 0 Å². The van der Waals surface area contributed by atoms with Crippen LogP contribution < -0.4 is 0 Å². The Bertz CT molecular complexity index is 348. The first kappa shape index (κ1) is 21.2. The molecule has 0 bridgehead atoms. The summed E-state index contributed by atoms with van der Waals surface area (Å²) in [5, 5.41) is -2.04. The minimum atomic E-state index is -1.02. The molecule has 0 aliphatic heterocycles. The van der Waals surface area contributed by atoms with Crippen LogP contribution in [0.3, 0.4) is 0 Å². The van der Waals surface area contributed by atoms with E-state index in [0.29, 0.717) is 0 Å². The Labute approximate surface area is 129 Å². The molecule has 0 rings (SSSR count). The highest BCUT2D eigenvalue weighted by atomic mass is 35.5. The second-order valence-electron chi connectivity index (χ2n) is 4.41. The molecule has 0 aromatic heterocycles. The Morgan fingerprint density at radius 3 is 0.950 bits per heavy atom. The normalized spacial score (nSPS) is 12.4. The van der Waals surface area contributed by atoms with Gasteiger partial charge in [0.05, 0.1) is 0 Å². The van der Waals surface area contributed by atoms with Gasteiger partial charge in [-0.25, -0.2) is 0 Å². The summed E-state index contributed by atoms with van der Waals surface area (Å²) >= 11 is 10.8. The van der Waals surface area contributed by atoms with Crippen molar-refractivity contribution in [3.63, 3.8) is 0 Å². The Morgan fingerprint density at radius 1 is 0.700 bits per heavy atom. The monoisotopic (exact) mass is 326 g/mol. The zero-order chi connectivity index (χ0) is 16.6. The van der Waals surface area contributed by atoms with E-state index in [2.05, 4.69) is 0 Å². The lowest BCUT2D eigenvalue weighted by molar-refractivity contribution is -0.133. The van der Waals surface area contributed by atoms with E-state index in [1.165, 1.54) is 23.6 Å². The van der Waals surface area contributed by atoms with Crippen LogP contribution in [0.1, 0.15) is 13.8 Å². The van der Waals surface area contributed by atoms with Gasteiger partial charge in [0.1, 0.15) is 0 Å². The maximum Gasteiger partial charge on any atom is 0.247 e. The number of hydrogen-bond acceptors (Lipinski definition) is 4. The molecule has 0 heterocycles. The maximum atomic E-state index is 10.9. The number of hydrogen-bond donors (Lipinski definition) is 0. The summed E-state index contributed by atoms with van der Waals surface area (Å²) in [7, 11) is 6.22. The highest BCUT2D eigenvalue weighted by molar-refractivity contribution is 6.41. The molecular formula is C12H20Cl2N2O4. The van der Waals surface area contributed by atoms with Crippen molar-refractivity contribution in [1.29, 1.82) is 0 Å². The molecule has 0 aliphatic carbocycles. The van der Waals surface area contributed by atoms with Crippen LogP contribution in [0.5, 0.6) is 0 Å².